The number of alkyl halides is 3. The van der Waals surface area contributed by atoms with E-state index in [0.29, 0.717) is 17.1 Å². The average Bonchev–Trinajstić information content (AvgIpc) is 3.17. The second kappa shape index (κ2) is 8.30. The summed E-state index contributed by atoms with van der Waals surface area (Å²) in [6, 6.07) is 9.57. The van der Waals surface area contributed by atoms with Crippen LogP contribution < -0.4 is 27.2 Å². The fraction of sp³-hybridized carbons (Fsp3) is 0.0870. The molecule has 0 aliphatic rings. The molecule has 7 nitrogen and oxygen atoms in total. The Morgan fingerprint density at radius 3 is 2.33 bits per heavy atom. The number of aromatic amines is 1. The third-order valence-corrected chi connectivity index (χ3v) is 4.88. The van der Waals surface area contributed by atoms with Crippen molar-refractivity contribution in [1.29, 1.82) is 0 Å². The van der Waals surface area contributed by atoms with Crippen LogP contribution in [-0.2, 0) is 6.18 Å². The fourth-order valence-corrected chi connectivity index (χ4v) is 3.18. The zero-order valence-corrected chi connectivity index (χ0v) is 17.2. The minimum Gasteiger partial charge on any atom is -0.402 e. The van der Waals surface area contributed by atoms with E-state index in [1.807, 2.05) is 6.07 Å². The molecule has 0 aliphatic heterocycles. The van der Waals surface area contributed by atoms with Crippen molar-refractivity contribution in [2.75, 3.05) is 10.6 Å². The van der Waals surface area contributed by atoms with Crippen LogP contribution in [0, 0.1) is 0 Å². The number of nitrogens with one attached hydrogen (secondary N) is 3. The zero-order valence-electron chi connectivity index (χ0n) is 17.2. The number of rotatable bonds is 6. The van der Waals surface area contributed by atoms with Crippen molar-refractivity contribution >= 4 is 45.6 Å². The van der Waals surface area contributed by atoms with E-state index >= 15 is 0 Å². The van der Waals surface area contributed by atoms with Crippen molar-refractivity contribution in [2.24, 2.45) is 10.7 Å². The summed E-state index contributed by atoms with van der Waals surface area (Å²) in [6.07, 6.45) is 0.396. The molecule has 0 unspecified atom stereocenters. The molecular formula is C23H18F3N5O2. The van der Waals surface area contributed by atoms with Crippen LogP contribution in [0.15, 0.2) is 75.0 Å². The monoisotopic (exact) mass is 453 g/mol. The quantitative estimate of drug-likeness (QED) is 0.247. The maximum Gasteiger partial charge on any atom is 0.416 e. The van der Waals surface area contributed by atoms with E-state index in [1.165, 1.54) is 12.1 Å². The van der Waals surface area contributed by atoms with E-state index in [-0.39, 0.29) is 17.1 Å². The van der Waals surface area contributed by atoms with Gasteiger partial charge in [-0.15, -0.1) is 0 Å². The molecule has 0 aliphatic carbocycles. The fourth-order valence-electron chi connectivity index (χ4n) is 3.18. The van der Waals surface area contributed by atoms with Gasteiger partial charge in [-0.2, -0.15) is 13.2 Å². The van der Waals surface area contributed by atoms with Gasteiger partial charge in [0.05, 0.1) is 16.9 Å². The number of hydrogen-bond donors (Lipinski definition) is 4. The van der Waals surface area contributed by atoms with E-state index < -0.39 is 22.6 Å². The molecule has 0 saturated heterocycles. The van der Waals surface area contributed by atoms with Crippen LogP contribution in [-0.4, -0.2) is 11.2 Å². The smallest absolute Gasteiger partial charge is 0.402 e. The van der Waals surface area contributed by atoms with Crippen molar-refractivity contribution < 1.29 is 13.2 Å². The highest BCUT2D eigenvalue weighted by Crippen LogP contribution is 2.33. The molecule has 0 amide bonds. The molecule has 0 bridgehead atoms. The van der Waals surface area contributed by atoms with Crippen LogP contribution in [0.5, 0.6) is 0 Å². The third kappa shape index (κ3) is 4.49. The summed E-state index contributed by atoms with van der Waals surface area (Å²) in [4.78, 5) is 31.6. The van der Waals surface area contributed by atoms with Gasteiger partial charge >= 0.3 is 6.18 Å². The average molecular weight is 453 g/mol. The van der Waals surface area contributed by atoms with Crippen molar-refractivity contribution in [1.82, 2.24) is 4.98 Å². The molecule has 3 aromatic carbocycles. The molecule has 5 N–H and O–H groups in total. The summed E-state index contributed by atoms with van der Waals surface area (Å²) in [6.45, 7) is 1.74. The first kappa shape index (κ1) is 21.9. The first-order valence-electron chi connectivity index (χ1n) is 9.75. The van der Waals surface area contributed by atoms with Gasteiger partial charge in [0, 0.05) is 34.7 Å². The molecule has 0 spiro atoms. The van der Waals surface area contributed by atoms with Gasteiger partial charge in [-0.1, -0.05) is 0 Å². The Balaban J connectivity index is 1.60. The molecule has 0 saturated carbocycles. The Labute approximate surface area is 185 Å². The van der Waals surface area contributed by atoms with Gasteiger partial charge in [0.1, 0.15) is 11.4 Å². The summed E-state index contributed by atoms with van der Waals surface area (Å²) < 4.78 is 38.2. The molecular weight excluding hydrogens is 435 g/mol. The first-order valence-corrected chi connectivity index (χ1v) is 9.75. The molecule has 168 valence electrons. The molecule has 1 aromatic heterocycles. The zero-order chi connectivity index (χ0) is 23.8. The molecule has 4 rings (SSSR count). The highest BCUT2D eigenvalue weighted by atomic mass is 19.4. The van der Waals surface area contributed by atoms with Crippen molar-refractivity contribution in [2.45, 2.75) is 13.1 Å². The van der Waals surface area contributed by atoms with E-state index in [4.69, 9.17) is 5.73 Å². The lowest BCUT2D eigenvalue weighted by Gasteiger charge is -2.15. The van der Waals surface area contributed by atoms with Crippen LogP contribution in [0.25, 0.3) is 10.9 Å². The Kier molecular flexibility index (Phi) is 5.50. The number of anilines is 4. The number of fused-ring (bicyclic) bond motifs is 1. The molecule has 0 atom stereocenters. The highest BCUT2D eigenvalue weighted by Gasteiger charge is 2.30. The highest BCUT2D eigenvalue weighted by molar-refractivity contribution is 5.98. The lowest BCUT2D eigenvalue weighted by molar-refractivity contribution is -0.137. The number of hydrogen-bond acceptors (Lipinski definition) is 6. The number of allylic oxidation sites excluding steroid dienone is 2. The van der Waals surface area contributed by atoms with Crippen LogP contribution in [0.2, 0.25) is 0 Å². The second-order valence-corrected chi connectivity index (χ2v) is 7.35. The Hall–Kier alpha value is -4.34. The number of aromatic nitrogens is 1. The largest absolute Gasteiger partial charge is 0.416 e. The number of H-pyrrole nitrogens is 1. The molecule has 10 heteroatoms. The van der Waals surface area contributed by atoms with Crippen LogP contribution in [0.3, 0.4) is 0 Å². The van der Waals surface area contributed by atoms with Gasteiger partial charge in [0.15, 0.2) is 0 Å². The third-order valence-electron chi connectivity index (χ3n) is 4.88. The molecule has 33 heavy (non-hydrogen) atoms. The van der Waals surface area contributed by atoms with E-state index in [1.54, 1.807) is 37.5 Å². The number of benzene rings is 2. The van der Waals surface area contributed by atoms with Crippen molar-refractivity contribution in [3.05, 3.63) is 86.4 Å². The summed E-state index contributed by atoms with van der Waals surface area (Å²) in [5, 5.41) is 6.39. The maximum atomic E-state index is 12.7. The maximum absolute atomic E-state index is 12.7. The molecule has 0 radical (unpaired) electrons. The Morgan fingerprint density at radius 2 is 1.70 bits per heavy atom. The van der Waals surface area contributed by atoms with E-state index in [2.05, 4.69) is 20.6 Å². The molecule has 0 fully saturated rings. The van der Waals surface area contributed by atoms with Crippen LogP contribution >= 0.6 is 0 Å². The predicted octanol–water partition coefficient (Wildman–Crippen LogP) is 4.83. The van der Waals surface area contributed by atoms with E-state index in [0.717, 1.165) is 23.0 Å². The van der Waals surface area contributed by atoms with Gasteiger partial charge in [-0.25, -0.2) is 0 Å². The minimum atomic E-state index is -4.47. The lowest BCUT2D eigenvalue weighted by Crippen LogP contribution is -2.35. The van der Waals surface area contributed by atoms with Gasteiger partial charge in [-0.3, -0.25) is 14.6 Å². The van der Waals surface area contributed by atoms with Gasteiger partial charge in [0.2, 0.25) is 0 Å². The summed E-state index contributed by atoms with van der Waals surface area (Å²) in [7, 11) is 0. The second-order valence-electron chi connectivity index (χ2n) is 7.35. The standard InChI is InChI=1S/C23H18F3N5O2/c1-12(27)8-9-28-15-6-7-17-16(10-15)18(11-29-17)31-20-19(21(32)22(20)33)30-14-4-2-13(3-5-14)23(24,25)26/h2-11,29-31H,27H2,1H3. The van der Waals surface area contributed by atoms with Crippen LogP contribution in [0.4, 0.5) is 41.6 Å². The SMILES string of the molecule is CC(N)=CC=Nc1ccc2[nH]cc(Nc3c(Nc4ccc(C(F)(F)F)cc4)c(=O)c3=O)c2c1. The first-order chi connectivity index (χ1) is 15.6. The topological polar surface area (TPSA) is 112 Å². The number of aliphatic imine (C=N–C) groups is 1. The van der Waals surface area contributed by atoms with Gasteiger partial charge < -0.3 is 21.4 Å². The summed E-state index contributed by atoms with van der Waals surface area (Å²) in [5.41, 5.74) is 6.11. The minimum absolute atomic E-state index is 0.0214. The van der Waals surface area contributed by atoms with E-state index in [9.17, 15) is 22.8 Å². The van der Waals surface area contributed by atoms with Crippen molar-refractivity contribution in [3.8, 4) is 0 Å². The van der Waals surface area contributed by atoms with Gasteiger partial charge in [-0.05, 0) is 55.5 Å². The van der Waals surface area contributed by atoms with Crippen LogP contribution in [0.1, 0.15) is 12.5 Å². The molecule has 4 aromatic rings. The number of nitrogens with zero attached hydrogens (tertiary/aromatic N) is 1. The summed E-state index contributed by atoms with van der Waals surface area (Å²) in [5.74, 6) is 0. The van der Waals surface area contributed by atoms with Gasteiger partial charge in [0.25, 0.3) is 10.9 Å². The Bertz CT molecular complexity index is 1450. The predicted molar refractivity (Wildman–Crippen MR) is 124 cm³/mol. The number of nitrogens with two attached hydrogens (primary N) is 1. The normalized spacial score (nSPS) is 12.7. The number of halogens is 3. The molecule has 1 heterocycles. The Morgan fingerprint density at radius 1 is 1.03 bits per heavy atom. The summed E-state index contributed by atoms with van der Waals surface area (Å²) >= 11 is 0. The van der Waals surface area contributed by atoms with Crippen molar-refractivity contribution in [3.63, 3.8) is 0 Å². The lowest BCUT2D eigenvalue weighted by atomic mass is 10.1.